The molecule has 0 aromatic rings. The first kappa shape index (κ1) is 10.0. The Morgan fingerprint density at radius 2 is 2.14 bits per heavy atom. The van der Waals surface area contributed by atoms with Crippen LogP contribution in [0.15, 0.2) is 0 Å². The van der Waals surface area contributed by atoms with Crippen molar-refractivity contribution in [3.8, 4) is 0 Å². The second-order valence-corrected chi connectivity index (χ2v) is 1.02. The average Bonchev–Trinajstić information content (AvgIpc) is 1.35. The minimum atomic E-state index is -0.134. The number of hydrogen-bond donors (Lipinski definition) is 0. The van der Waals surface area contributed by atoms with Crippen LogP contribution >= 0.6 is 0 Å². The van der Waals surface area contributed by atoms with Gasteiger partial charge in [0.1, 0.15) is 5.78 Å². The zero-order valence-electron chi connectivity index (χ0n) is 3.97. The van der Waals surface area contributed by atoms with Gasteiger partial charge >= 0.3 is 18.6 Å². The van der Waals surface area contributed by atoms with Crippen LogP contribution in [-0.2, 0) is 28.1 Å². The molecule has 0 aliphatic carbocycles. The van der Waals surface area contributed by atoms with Gasteiger partial charge in [0.15, 0.2) is 0 Å². The SMILES string of the molecule is CC(=O)C[C-]=O.[V+2]. The van der Waals surface area contributed by atoms with E-state index in [2.05, 4.69) is 0 Å². The molecule has 0 atom stereocenters. The Morgan fingerprint density at radius 1 is 1.71 bits per heavy atom. The smallest absolute Gasteiger partial charge is 0.541 e. The van der Waals surface area contributed by atoms with Gasteiger partial charge in [-0.15, -0.1) is 0 Å². The zero-order chi connectivity index (χ0) is 4.99. The molecule has 3 heteroatoms. The van der Waals surface area contributed by atoms with Crippen LogP contribution in [0.25, 0.3) is 0 Å². The van der Waals surface area contributed by atoms with Crippen molar-refractivity contribution in [1.82, 2.24) is 0 Å². The third-order valence-corrected chi connectivity index (χ3v) is 0.321. The van der Waals surface area contributed by atoms with E-state index in [1.807, 2.05) is 0 Å². The summed E-state index contributed by atoms with van der Waals surface area (Å²) in [6, 6.07) is 0. The molecule has 0 saturated heterocycles. The molecule has 0 saturated carbocycles. The Morgan fingerprint density at radius 3 is 2.14 bits per heavy atom. The van der Waals surface area contributed by atoms with Gasteiger partial charge in [-0.05, 0) is 6.92 Å². The molecule has 0 aromatic carbocycles. The minimum Gasteiger partial charge on any atom is -0.541 e. The number of Topliss-reactive ketones (excluding diaryl/α,β-unsaturated/α-hetero) is 1. The number of ketones is 1. The summed E-state index contributed by atoms with van der Waals surface area (Å²) in [6.07, 6.45) is 1.40. The van der Waals surface area contributed by atoms with Gasteiger partial charge in [0.25, 0.3) is 0 Å². The molecule has 7 heavy (non-hydrogen) atoms. The fourth-order valence-corrected chi connectivity index (χ4v) is 0.102. The third kappa shape index (κ3) is 10.7. The van der Waals surface area contributed by atoms with Crippen LogP contribution in [-0.4, -0.2) is 12.1 Å². The molecule has 0 aliphatic rings. The van der Waals surface area contributed by atoms with Gasteiger partial charge < -0.3 is 9.59 Å². The van der Waals surface area contributed by atoms with Gasteiger partial charge in [-0.2, -0.15) is 0 Å². The predicted octanol–water partition coefficient (Wildman–Crippen LogP) is 0.0727. The van der Waals surface area contributed by atoms with Crippen molar-refractivity contribution < 1.29 is 28.1 Å². The summed E-state index contributed by atoms with van der Waals surface area (Å²) in [6.45, 7) is 1.35. The Balaban J connectivity index is 0. The van der Waals surface area contributed by atoms with Crippen LogP contribution in [0.2, 0.25) is 0 Å². The van der Waals surface area contributed by atoms with Crippen molar-refractivity contribution in [2.45, 2.75) is 13.3 Å². The quantitative estimate of drug-likeness (QED) is 0.397. The van der Waals surface area contributed by atoms with E-state index in [0.29, 0.717) is 0 Å². The largest absolute Gasteiger partial charge is 2.00 e. The van der Waals surface area contributed by atoms with E-state index in [0.717, 1.165) is 0 Å². The first-order valence-electron chi connectivity index (χ1n) is 1.62. The van der Waals surface area contributed by atoms with Gasteiger partial charge in [-0.3, -0.25) is 6.29 Å². The minimum absolute atomic E-state index is 0. The molecule has 0 rings (SSSR count). The number of hydrogen-bond acceptors (Lipinski definition) is 2. The molecule has 0 fully saturated rings. The topological polar surface area (TPSA) is 34.1 Å². The summed E-state index contributed by atoms with van der Waals surface area (Å²) < 4.78 is 0. The maximum Gasteiger partial charge on any atom is 2.00 e. The van der Waals surface area contributed by atoms with Crippen LogP contribution in [0.3, 0.4) is 0 Å². The third-order valence-electron chi connectivity index (χ3n) is 0.321. The molecule has 0 N–H and O–H groups in total. The molecule has 1 radical (unpaired) electrons. The molecule has 0 unspecified atom stereocenters. The Bertz CT molecular complexity index is 70.1. The summed E-state index contributed by atoms with van der Waals surface area (Å²) in [5.41, 5.74) is 0. The molecular formula is C4H5O2V+. The molecular weight excluding hydrogens is 131 g/mol. The van der Waals surface area contributed by atoms with Gasteiger partial charge in [0, 0.05) is 0 Å². The maximum atomic E-state index is 9.78. The molecule has 0 bridgehead atoms. The Hall–Kier alpha value is -0.0756. The molecule has 0 spiro atoms. The summed E-state index contributed by atoms with van der Waals surface area (Å²) >= 11 is 0. The second kappa shape index (κ2) is 5.92. The van der Waals surface area contributed by atoms with Gasteiger partial charge in [-0.1, -0.05) is 6.42 Å². The number of carbonyl (C=O) groups excluding carboxylic acids is 2. The van der Waals surface area contributed by atoms with Crippen molar-refractivity contribution in [2.75, 3.05) is 0 Å². The van der Waals surface area contributed by atoms with Gasteiger partial charge in [-0.25, -0.2) is 0 Å². The van der Waals surface area contributed by atoms with Crippen LogP contribution < -0.4 is 0 Å². The van der Waals surface area contributed by atoms with E-state index >= 15 is 0 Å². The van der Waals surface area contributed by atoms with Gasteiger partial charge in [0.2, 0.25) is 0 Å². The van der Waals surface area contributed by atoms with Crippen molar-refractivity contribution in [2.24, 2.45) is 0 Å². The summed E-state index contributed by atoms with van der Waals surface area (Å²) in [7, 11) is 0. The Kier molecular flexibility index (Phi) is 8.48. The van der Waals surface area contributed by atoms with E-state index in [1.165, 1.54) is 13.2 Å². The Labute approximate surface area is 54.2 Å². The normalized spacial score (nSPS) is 6.43. The summed E-state index contributed by atoms with van der Waals surface area (Å²) in [5.74, 6) is -0.134. The first-order valence-corrected chi connectivity index (χ1v) is 1.62. The van der Waals surface area contributed by atoms with Crippen LogP contribution in [0.1, 0.15) is 13.3 Å². The van der Waals surface area contributed by atoms with Gasteiger partial charge in [0.05, 0.1) is 0 Å². The van der Waals surface area contributed by atoms with Crippen molar-refractivity contribution in [3.63, 3.8) is 0 Å². The van der Waals surface area contributed by atoms with E-state index in [9.17, 15) is 9.59 Å². The first-order chi connectivity index (χ1) is 2.77. The van der Waals surface area contributed by atoms with Crippen molar-refractivity contribution in [3.05, 3.63) is 0 Å². The summed E-state index contributed by atoms with van der Waals surface area (Å²) in [5, 5.41) is 0. The van der Waals surface area contributed by atoms with Crippen LogP contribution in [0, 0.1) is 0 Å². The number of carbonyl (C=O) groups is 1. The van der Waals surface area contributed by atoms with E-state index < -0.39 is 0 Å². The van der Waals surface area contributed by atoms with E-state index in [4.69, 9.17) is 0 Å². The molecule has 2 nitrogen and oxygen atoms in total. The fraction of sp³-hybridized carbons (Fsp3) is 0.500. The summed E-state index contributed by atoms with van der Waals surface area (Å²) in [4.78, 5) is 19.1. The molecule has 0 aromatic heterocycles. The zero-order valence-corrected chi connectivity index (χ0v) is 5.37. The van der Waals surface area contributed by atoms with Crippen LogP contribution in [0.4, 0.5) is 0 Å². The maximum absolute atomic E-state index is 9.78. The predicted molar refractivity (Wildman–Crippen MR) is 21.0 cm³/mol. The second-order valence-electron chi connectivity index (χ2n) is 1.02. The molecule has 0 aliphatic heterocycles. The number of rotatable bonds is 2. The molecule has 0 heterocycles. The monoisotopic (exact) mass is 136 g/mol. The van der Waals surface area contributed by atoms with E-state index in [1.54, 1.807) is 0 Å². The molecule has 37 valence electrons. The van der Waals surface area contributed by atoms with Crippen molar-refractivity contribution >= 4 is 12.1 Å². The van der Waals surface area contributed by atoms with E-state index in [-0.39, 0.29) is 30.8 Å². The standard InChI is InChI=1S/C4H5O2.V/c1-4(6)2-3-5;/h2H2,1H3;/q-1;+2. The fourth-order valence-electron chi connectivity index (χ4n) is 0.102. The van der Waals surface area contributed by atoms with Crippen LogP contribution in [0.5, 0.6) is 0 Å². The molecule has 0 amide bonds. The average molecular weight is 136 g/mol. The van der Waals surface area contributed by atoms with Crippen molar-refractivity contribution in [1.29, 1.82) is 0 Å².